The van der Waals surface area contributed by atoms with Crippen LogP contribution >= 0.6 is 15.9 Å². The van der Waals surface area contributed by atoms with Crippen molar-refractivity contribution in [3.63, 3.8) is 0 Å². The van der Waals surface area contributed by atoms with Crippen molar-refractivity contribution >= 4 is 43.9 Å². The van der Waals surface area contributed by atoms with Crippen LogP contribution in [-0.2, 0) is 27.5 Å². The number of alkyl halides is 3. The fourth-order valence-electron chi connectivity index (χ4n) is 3.18. The van der Waals surface area contributed by atoms with E-state index in [0.29, 0.717) is 5.56 Å². The molecule has 0 fully saturated rings. The van der Waals surface area contributed by atoms with Crippen molar-refractivity contribution in [1.82, 2.24) is 5.43 Å². The van der Waals surface area contributed by atoms with Gasteiger partial charge in [0.2, 0.25) is 5.91 Å². The molecule has 0 bridgehead atoms. The first-order valence-electron chi connectivity index (χ1n) is 10.9. The number of rotatable bonds is 10. The zero-order chi connectivity index (χ0) is 28.8. The number of nitrogens with zero attached hydrogens (tertiary/aromatic N) is 2. The SMILES string of the molecule is CCOc1cc(/C=N\NC(=O)Cc2cccc(C(F)(F)F)c2)cc(Br)c1OS(=O)(=O)c1cccc([N+](=O)[O-])c1. The van der Waals surface area contributed by atoms with E-state index in [-0.39, 0.29) is 34.6 Å². The van der Waals surface area contributed by atoms with Gasteiger partial charge in [-0.2, -0.15) is 26.7 Å². The lowest BCUT2D eigenvalue weighted by Crippen LogP contribution is -2.20. The first-order chi connectivity index (χ1) is 18.3. The fraction of sp³-hybridized carbons (Fsp3) is 0.167. The van der Waals surface area contributed by atoms with Crippen LogP contribution in [0.4, 0.5) is 18.9 Å². The van der Waals surface area contributed by atoms with Crippen LogP contribution in [0.2, 0.25) is 0 Å². The first-order valence-corrected chi connectivity index (χ1v) is 13.1. The summed E-state index contributed by atoms with van der Waals surface area (Å²) in [6.07, 6.45) is -3.68. The van der Waals surface area contributed by atoms with Crippen molar-refractivity contribution in [3.05, 3.63) is 91.9 Å². The summed E-state index contributed by atoms with van der Waals surface area (Å²) in [6, 6.07) is 11.4. The van der Waals surface area contributed by atoms with E-state index in [1.807, 2.05) is 0 Å². The second kappa shape index (κ2) is 12.3. The Morgan fingerprint density at radius 2 is 1.87 bits per heavy atom. The Hall–Kier alpha value is -3.98. The highest BCUT2D eigenvalue weighted by Crippen LogP contribution is 2.38. The van der Waals surface area contributed by atoms with Crippen LogP contribution in [0.25, 0.3) is 0 Å². The van der Waals surface area contributed by atoms with Gasteiger partial charge in [0.25, 0.3) is 5.69 Å². The number of hydrogen-bond donors (Lipinski definition) is 1. The number of nitrogens with one attached hydrogen (secondary N) is 1. The highest BCUT2D eigenvalue weighted by molar-refractivity contribution is 9.10. The predicted octanol–water partition coefficient (Wildman–Crippen LogP) is 5.24. The van der Waals surface area contributed by atoms with Gasteiger partial charge in [0.1, 0.15) is 4.90 Å². The van der Waals surface area contributed by atoms with Gasteiger partial charge >= 0.3 is 16.3 Å². The largest absolute Gasteiger partial charge is 0.490 e. The maximum Gasteiger partial charge on any atom is 0.416 e. The molecule has 15 heteroatoms. The number of ether oxygens (including phenoxy) is 1. The molecule has 0 radical (unpaired) electrons. The van der Waals surface area contributed by atoms with Crippen molar-refractivity contribution < 1.29 is 40.2 Å². The van der Waals surface area contributed by atoms with E-state index >= 15 is 0 Å². The second-order valence-electron chi connectivity index (χ2n) is 7.72. The summed E-state index contributed by atoms with van der Waals surface area (Å²) in [7, 11) is -4.49. The Kier molecular flexibility index (Phi) is 9.29. The number of halogens is 4. The molecule has 39 heavy (non-hydrogen) atoms. The average molecular weight is 630 g/mol. The highest BCUT2D eigenvalue weighted by atomic mass is 79.9. The minimum Gasteiger partial charge on any atom is -0.490 e. The summed E-state index contributed by atoms with van der Waals surface area (Å²) in [5.74, 6) is -0.913. The number of amides is 1. The number of non-ortho nitro benzene ring substituents is 1. The van der Waals surface area contributed by atoms with Gasteiger partial charge in [0.15, 0.2) is 11.5 Å². The molecule has 0 saturated heterocycles. The van der Waals surface area contributed by atoms with Crippen LogP contribution in [-0.4, -0.2) is 32.1 Å². The molecule has 0 aromatic heterocycles. The monoisotopic (exact) mass is 629 g/mol. The molecule has 1 amide bonds. The number of hydrogen-bond acceptors (Lipinski definition) is 8. The van der Waals surface area contributed by atoms with Crippen molar-refractivity contribution in [2.24, 2.45) is 5.10 Å². The predicted molar refractivity (Wildman–Crippen MR) is 137 cm³/mol. The van der Waals surface area contributed by atoms with Crippen LogP contribution in [0.3, 0.4) is 0 Å². The molecular weight excluding hydrogens is 611 g/mol. The molecule has 10 nitrogen and oxygen atoms in total. The Bertz CT molecular complexity index is 1530. The van der Waals surface area contributed by atoms with Crippen molar-refractivity contribution in [3.8, 4) is 11.5 Å². The van der Waals surface area contributed by atoms with Crippen LogP contribution in [0.5, 0.6) is 11.5 Å². The number of hydrazone groups is 1. The quantitative estimate of drug-likeness (QED) is 0.140. The fourth-order valence-corrected chi connectivity index (χ4v) is 4.82. The van der Waals surface area contributed by atoms with E-state index in [1.165, 1.54) is 36.5 Å². The average Bonchev–Trinajstić information content (AvgIpc) is 2.86. The summed E-state index contributed by atoms with van der Waals surface area (Å²) in [6.45, 7) is 1.76. The zero-order valence-electron chi connectivity index (χ0n) is 19.9. The van der Waals surface area contributed by atoms with E-state index in [1.54, 1.807) is 6.92 Å². The van der Waals surface area contributed by atoms with Gasteiger partial charge in [-0.15, -0.1) is 0 Å². The number of carbonyl (C=O) groups excluding carboxylic acids is 1. The molecule has 0 aliphatic rings. The van der Waals surface area contributed by atoms with Gasteiger partial charge in [-0.1, -0.05) is 24.3 Å². The molecule has 0 unspecified atom stereocenters. The molecule has 0 heterocycles. The lowest BCUT2D eigenvalue weighted by molar-refractivity contribution is -0.385. The molecule has 3 aromatic rings. The molecule has 206 valence electrons. The summed E-state index contributed by atoms with van der Waals surface area (Å²) < 4.78 is 75.0. The van der Waals surface area contributed by atoms with Gasteiger partial charge in [-0.05, 0) is 58.2 Å². The Morgan fingerprint density at radius 3 is 2.54 bits per heavy atom. The van der Waals surface area contributed by atoms with Crippen LogP contribution in [0.15, 0.2) is 75.1 Å². The number of nitro benzene ring substituents is 1. The topological polar surface area (TPSA) is 137 Å². The Balaban J connectivity index is 1.77. The number of benzene rings is 3. The number of nitro groups is 1. The Labute approximate surface area is 228 Å². The third-order valence-corrected chi connectivity index (χ3v) is 6.67. The van der Waals surface area contributed by atoms with Gasteiger partial charge in [0.05, 0.1) is 34.2 Å². The van der Waals surface area contributed by atoms with Crippen LogP contribution in [0, 0.1) is 10.1 Å². The minimum atomic E-state index is -4.54. The normalized spacial score (nSPS) is 11.8. The van der Waals surface area contributed by atoms with E-state index in [9.17, 15) is 36.5 Å². The van der Waals surface area contributed by atoms with Crippen LogP contribution < -0.4 is 14.3 Å². The zero-order valence-corrected chi connectivity index (χ0v) is 22.3. The molecule has 1 N–H and O–H groups in total. The summed E-state index contributed by atoms with van der Waals surface area (Å²) in [5.41, 5.74) is 1.38. The van der Waals surface area contributed by atoms with Gasteiger partial charge in [-0.25, -0.2) is 5.43 Å². The highest BCUT2D eigenvalue weighted by Gasteiger charge is 2.30. The molecular formula is C24H19BrF3N3O7S. The van der Waals surface area contributed by atoms with Crippen molar-refractivity contribution in [1.29, 1.82) is 0 Å². The first kappa shape index (κ1) is 29.6. The molecule has 0 saturated carbocycles. The maximum absolute atomic E-state index is 12.9. The van der Waals surface area contributed by atoms with E-state index in [0.717, 1.165) is 30.3 Å². The molecule has 0 spiro atoms. The lowest BCUT2D eigenvalue weighted by atomic mass is 10.1. The van der Waals surface area contributed by atoms with Crippen molar-refractivity contribution in [2.75, 3.05) is 6.61 Å². The maximum atomic E-state index is 12.9. The van der Waals surface area contributed by atoms with Gasteiger partial charge < -0.3 is 8.92 Å². The number of carbonyl (C=O) groups is 1. The molecule has 0 aliphatic carbocycles. The van der Waals surface area contributed by atoms with Crippen molar-refractivity contribution in [2.45, 2.75) is 24.4 Å². The van der Waals surface area contributed by atoms with Gasteiger partial charge in [-0.3, -0.25) is 14.9 Å². The molecule has 3 rings (SSSR count). The van der Waals surface area contributed by atoms with Crippen LogP contribution in [0.1, 0.15) is 23.6 Å². The molecule has 3 aromatic carbocycles. The van der Waals surface area contributed by atoms with E-state index in [2.05, 4.69) is 26.5 Å². The molecule has 0 atom stereocenters. The summed E-state index contributed by atoms with van der Waals surface area (Å²) in [5, 5.41) is 14.8. The minimum absolute atomic E-state index is 0.0161. The summed E-state index contributed by atoms with van der Waals surface area (Å²) >= 11 is 3.20. The van der Waals surface area contributed by atoms with E-state index in [4.69, 9.17) is 8.92 Å². The third-order valence-electron chi connectivity index (χ3n) is 4.86. The standard InChI is InChI=1S/C24H19BrF3N3O7S/c1-2-37-21-11-16(14-29-30-22(32)12-15-5-3-6-17(9-15)24(26,27)28)10-20(25)23(21)38-39(35,36)19-8-4-7-18(13-19)31(33)34/h3-11,13-14H,2,12H2,1H3,(H,30,32)/b29-14-. The third kappa shape index (κ3) is 8.00. The lowest BCUT2D eigenvalue weighted by Gasteiger charge is -2.14. The summed E-state index contributed by atoms with van der Waals surface area (Å²) in [4.78, 5) is 22.0. The van der Waals surface area contributed by atoms with Gasteiger partial charge in [0, 0.05) is 12.1 Å². The van der Waals surface area contributed by atoms with E-state index < -0.39 is 43.3 Å². The molecule has 0 aliphatic heterocycles. The smallest absolute Gasteiger partial charge is 0.416 e. The Morgan fingerprint density at radius 1 is 1.15 bits per heavy atom. The second-order valence-corrected chi connectivity index (χ2v) is 10.1.